The van der Waals surface area contributed by atoms with Crippen molar-refractivity contribution in [1.29, 1.82) is 0 Å². The highest BCUT2D eigenvalue weighted by atomic mass is 32.2. The predicted molar refractivity (Wildman–Crippen MR) is 104 cm³/mol. The summed E-state index contributed by atoms with van der Waals surface area (Å²) in [6, 6.07) is 16.9. The van der Waals surface area contributed by atoms with Crippen LogP contribution in [0.1, 0.15) is 5.76 Å². The van der Waals surface area contributed by atoms with E-state index in [0.717, 1.165) is 0 Å². The molecule has 4 rings (SSSR count). The second-order valence-electron chi connectivity index (χ2n) is 6.33. The highest BCUT2D eigenvalue weighted by Crippen LogP contribution is 2.30. The highest BCUT2D eigenvalue weighted by molar-refractivity contribution is 7.91. The van der Waals surface area contributed by atoms with Gasteiger partial charge in [-0.2, -0.15) is 0 Å². The molecular formula is C20H17N3O4S. The molecule has 2 heterocycles. The largest absolute Gasteiger partial charge is 0.360 e. The molecule has 0 fully saturated rings. The zero-order valence-electron chi connectivity index (χ0n) is 15.0. The second-order valence-corrected chi connectivity index (χ2v) is 8.24. The molecule has 0 bridgehead atoms. The first-order chi connectivity index (χ1) is 13.4. The van der Waals surface area contributed by atoms with Gasteiger partial charge in [-0.15, -0.1) is 0 Å². The summed E-state index contributed by atoms with van der Waals surface area (Å²) in [6.07, 6.45) is 1.50. The van der Waals surface area contributed by atoms with Crippen LogP contribution >= 0.6 is 0 Å². The van der Waals surface area contributed by atoms with Crippen LogP contribution in [0, 0.1) is 6.92 Å². The molecule has 0 aliphatic carbocycles. The van der Waals surface area contributed by atoms with E-state index >= 15 is 0 Å². The number of anilines is 1. The van der Waals surface area contributed by atoms with Crippen LogP contribution in [0.15, 0.2) is 81.2 Å². The van der Waals surface area contributed by atoms with Crippen molar-refractivity contribution < 1.29 is 17.7 Å². The number of hydrogen-bond acceptors (Lipinski definition) is 5. The molecular weight excluding hydrogens is 378 g/mol. The summed E-state index contributed by atoms with van der Waals surface area (Å²) in [4.78, 5) is 12.8. The SMILES string of the molecule is Cc1cc(NC(=O)Cn2cc(S(=O)(=O)c3ccccc3)c3ccccc32)no1. The van der Waals surface area contributed by atoms with Gasteiger partial charge in [0.15, 0.2) is 5.82 Å². The lowest BCUT2D eigenvalue weighted by Crippen LogP contribution is -2.18. The van der Waals surface area contributed by atoms with Gasteiger partial charge in [0.1, 0.15) is 12.3 Å². The third-order valence-corrected chi connectivity index (χ3v) is 6.10. The average molecular weight is 395 g/mol. The molecule has 0 atom stereocenters. The fourth-order valence-electron chi connectivity index (χ4n) is 3.05. The van der Waals surface area contributed by atoms with E-state index in [4.69, 9.17) is 4.52 Å². The molecule has 2 aromatic carbocycles. The molecule has 0 aliphatic heterocycles. The van der Waals surface area contributed by atoms with E-state index < -0.39 is 9.84 Å². The molecule has 0 radical (unpaired) electrons. The topological polar surface area (TPSA) is 94.2 Å². The summed E-state index contributed by atoms with van der Waals surface area (Å²) < 4.78 is 32.8. The van der Waals surface area contributed by atoms with E-state index in [1.54, 1.807) is 72.2 Å². The average Bonchev–Trinajstić information content (AvgIpc) is 3.26. The maximum atomic E-state index is 13.1. The fraction of sp³-hybridized carbons (Fsp3) is 0.100. The van der Waals surface area contributed by atoms with Crippen molar-refractivity contribution in [1.82, 2.24) is 9.72 Å². The lowest BCUT2D eigenvalue weighted by molar-refractivity contribution is -0.116. The van der Waals surface area contributed by atoms with Crippen LogP contribution in [-0.4, -0.2) is 24.0 Å². The minimum absolute atomic E-state index is 0.0588. The van der Waals surface area contributed by atoms with E-state index in [1.807, 2.05) is 0 Å². The Kier molecular flexibility index (Phi) is 4.48. The number of sulfone groups is 1. The summed E-state index contributed by atoms with van der Waals surface area (Å²) >= 11 is 0. The number of hydrogen-bond donors (Lipinski definition) is 1. The maximum Gasteiger partial charge on any atom is 0.245 e. The minimum atomic E-state index is -3.72. The smallest absolute Gasteiger partial charge is 0.245 e. The first kappa shape index (κ1) is 18.0. The lowest BCUT2D eigenvalue weighted by atomic mass is 10.2. The van der Waals surface area contributed by atoms with Crippen LogP contribution < -0.4 is 5.32 Å². The Morgan fingerprint density at radius 3 is 2.54 bits per heavy atom. The number of amides is 1. The molecule has 7 nitrogen and oxygen atoms in total. The van der Waals surface area contributed by atoms with Crippen LogP contribution in [-0.2, 0) is 21.2 Å². The van der Waals surface area contributed by atoms with Gasteiger partial charge in [0, 0.05) is 23.2 Å². The van der Waals surface area contributed by atoms with Crippen molar-refractivity contribution in [2.24, 2.45) is 0 Å². The van der Waals surface area contributed by atoms with Crippen LogP contribution in [0.3, 0.4) is 0 Å². The molecule has 28 heavy (non-hydrogen) atoms. The number of aryl methyl sites for hydroxylation is 1. The lowest BCUT2D eigenvalue weighted by Gasteiger charge is -2.04. The molecule has 0 spiro atoms. The molecule has 142 valence electrons. The molecule has 0 unspecified atom stereocenters. The summed E-state index contributed by atoms with van der Waals surface area (Å²) in [5.74, 6) is 0.562. The van der Waals surface area contributed by atoms with Crippen LogP contribution in [0.25, 0.3) is 10.9 Å². The van der Waals surface area contributed by atoms with Crippen molar-refractivity contribution in [2.75, 3.05) is 5.32 Å². The van der Waals surface area contributed by atoms with Gasteiger partial charge in [0.2, 0.25) is 15.7 Å². The van der Waals surface area contributed by atoms with Gasteiger partial charge in [-0.3, -0.25) is 4.79 Å². The number of fused-ring (bicyclic) bond motifs is 1. The van der Waals surface area contributed by atoms with Gasteiger partial charge in [-0.1, -0.05) is 41.6 Å². The molecule has 8 heteroatoms. The van der Waals surface area contributed by atoms with Crippen LogP contribution in [0.5, 0.6) is 0 Å². The molecule has 1 amide bonds. The fourth-order valence-corrected chi connectivity index (χ4v) is 4.54. The van der Waals surface area contributed by atoms with E-state index in [1.165, 1.54) is 6.20 Å². The second kappa shape index (κ2) is 6.97. The number of nitrogens with one attached hydrogen (secondary N) is 1. The standard InChI is InChI=1S/C20H17N3O4S/c1-14-11-19(22-27-14)21-20(24)13-23-12-18(16-9-5-6-10-17(16)23)28(25,26)15-7-3-2-4-8-15/h2-12H,13H2,1H3,(H,21,22,24). The zero-order chi connectivity index (χ0) is 19.7. The van der Waals surface area contributed by atoms with E-state index in [-0.39, 0.29) is 22.2 Å². The number of carbonyl (C=O) groups excluding carboxylic acids is 1. The third kappa shape index (κ3) is 3.29. The van der Waals surface area contributed by atoms with Gasteiger partial charge < -0.3 is 14.4 Å². The normalized spacial score (nSPS) is 11.6. The van der Waals surface area contributed by atoms with Gasteiger partial charge in [0.05, 0.1) is 9.79 Å². The van der Waals surface area contributed by atoms with Gasteiger partial charge >= 0.3 is 0 Å². The van der Waals surface area contributed by atoms with E-state index in [0.29, 0.717) is 22.5 Å². The van der Waals surface area contributed by atoms with Crippen LogP contribution in [0.4, 0.5) is 5.82 Å². The summed E-state index contributed by atoms with van der Waals surface area (Å²) in [5.41, 5.74) is 0.656. The first-order valence-corrected chi connectivity index (χ1v) is 10.0. The minimum Gasteiger partial charge on any atom is -0.360 e. The number of carbonyl (C=O) groups is 1. The van der Waals surface area contributed by atoms with Crippen molar-refractivity contribution in [2.45, 2.75) is 23.3 Å². The van der Waals surface area contributed by atoms with Crippen molar-refractivity contribution >= 4 is 32.5 Å². The molecule has 4 aromatic rings. The zero-order valence-corrected chi connectivity index (χ0v) is 15.8. The summed E-state index contributed by atoms with van der Waals surface area (Å²) in [7, 11) is -3.72. The maximum absolute atomic E-state index is 13.1. The number of para-hydroxylation sites is 1. The number of nitrogens with zero attached hydrogens (tertiary/aromatic N) is 2. The van der Waals surface area contributed by atoms with Gasteiger partial charge in [-0.05, 0) is 25.1 Å². The monoisotopic (exact) mass is 395 g/mol. The van der Waals surface area contributed by atoms with Gasteiger partial charge in [-0.25, -0.2) is 8.42 Å². The molecule has 0 aliphatic rings. The molecule has 2 aromatic heterocycles. The highest BCUT2D eigenvalue weighted by Gasteiger charge is 2.23. The Morgan fingerprint density at radius 1 is 1.11 bits per heavy atom. The molecule has 0 saturated carbocycles. The van der Waals surface area contributed by atoms with Gasteiger partial charge in [0.25, 0.3) is 0 Å². The number of aromatic nitrogens is 2. The summed E-state index contributed by atoms with van der Waals surface area (Å²) in [6.45, 7) is 1.67. The number of benzene rings is 2. The predicted octanol–water partition coefficient (Wildman–Crippen LogP) is 3.41. The van der Waals surface area contributed by atoms with Crippen molar-refractivity contribution in [3.63, 3.8) is 0 Å². The number of rotatable bonds is 5. The van der Waals surface area contributed by atoms with Crippen LogP contribution in [0.2, 0.25) is 0 Å². The third-order valence-electron chi connectivity index (χ3n) is 4.30. The molecule has 0 saturated heterocycles. The van der Waals surface area contributed by atoms with Crippen molar-refractivity contribution in [3.8, 4) is 0 Å². The Morgan fingerprint density at radius 2 is 1.82 bits per heavy atom. The van der Waals surface area contributed by atoms with Crippen molar-refractivity contribution in [3.05, 3.63) is 72.6 Å². The Bertz CT molecular complexity index is 1260. The quantitative estimate of drug-likeness (QED) is 0.559. The molecule has 1 N–H and O–H groups in total. The van der Waals surface area contributed by atoms with E-state index in [9.17, 15) is 13.2 Å². The Hall–Kier alpha value is -3.39. The Balaban J connectivity index is 1.72. The summed E-state index contributed by atoms with van der Waals surface area (Å²) in [5, 5.41) is 6.94. The Labute approximate surface area is 161 Å². The van der Waals surface area contributed by atoms with E-state index in [2.05, 4.69) is 10.5 Å². The first-order valence-electron chi connectivity index (χ1n) is 8.56.